The smallest absolute Gasteiger partial charge is 0.338 e. The van der Waals surface area contributed by atoms with Crippen LogP contribution in [0.2, 0.25) is 0 Å². The number of unbranched alkanes of at least 4 members (excludes halogenated alkanes) is 1. The number of benzene rings is 1. The molecule has 25 heavy (non-hydrogen) atoms. The van der Waals surface area contributed by atoms with Gasteiger partial charge in [-0.25, -0.2) is 4.79 Å². The molecule has 0 amide bonds. The zero-order valence-electron chi connectivity index (χ0n) is 14.8. The van der Waals surface area contributed by atoms with Crippen molar-refractivity contribution in [2.24, 2.45) is 0 Å². The molecule has 0 saturated carbocycles. The number of carbonyl (C=O) groups is 1. The van der Waals surface area contributed by atoms with Crippen molar-refractivity contribution in [2.75, 3.05) is 51.3 Å². The van der Waals surface area contributed by atoms with Crippen molar-refractivity contribution in [3.63, 3.8) is 0 Å². The van der Waals surface area contributed by atoms with Crippen LogP contribution in [0.15, 0.2) is 24.3 Å². The second-order valence-corrected chi connectivity index (χ2v) is 6.31. The molecule has 7 heteroatoms. The molecule has 0 radical (unpaired) electrons. The maximum absolute atomic E-state index is 11.9. The van der Waals surface area contributed by atoms with Gasteiger partial charge in [0, 0.05) is 31.9 Å². The predicted molar refractivity (Wildman–Crippen MR) is 103 cm³/mol. The van der Waals surface area contributed by atoms with Gasteiger partial charge < -0.3 is 20.1 Å². The minimum Gasteiger partial charge on any atom is -0.462 e. The Kier molecular flexibility index (Phi) is 8.65. The molecule has 1 aliphatic heterocycles. The quantitative estimate of drug-likeness (QED) is 0.416. The standard InChI is InChI=1S/C18H27N3O3S/c1-2-3-12-24-17(22)15-4-6-16(7-5-15)20-18(25)19-8-9-21-10-13-23-14-11-21/h4-7H,2-3,8-14H2,1H3,(H2,19,20,25). The molecule has 6 nitrogen and oxygen atoms in total. The molecule has 0 aliphatic carbocycles. The van der Waals surface area contributed by atoms with Crippen LogP contribution in [0.3, 0.4) is 0 Å². The van der Waals surface area contributed by atoms with E-state index in [1.807, 2.05) is 12.1 Å². The highest BCUT2D eigenvalue weighted by molar-refractivity contribution is 7.80. The summed E-state index contributed by atoms with van der Waals surface area (Å²) in [5.41, 5.74) is 1.39. The van der Waals surface area contributed by atoms with E-state index in [-0.39, 0.29) is 5.97 Å². The number of nitrogens with one attached hydrogen (secondary N) is 2. The van der Waals surface area contributed by atoms with Gasteiger partial charge in [-0.1, -0.05) is 13.3 Å². The van der Waals surface area contributed by atoms with Gasteiger partial charge in [-0.05, 0) is 42.9 Å². The number of morpholine rings is 1. The average Bonchev–Trinajstić information content (AvgIpc) is 2.63. The number of esters is 1. The molecule has 0 bridgehead atoms. The first kappa shape index (κ1) is 19.6. The first-order chi connectivity index (χ1) is 12.2. The number of ether oxygens (including phenoxy) is 2. The molecule has 1 aliphatic rings. The van der Waals surface area contributed by atoms with Crippen LogP contribution in [0.4, 0.5) is 5.69 Å². The second kappa shape index (κ2) is 11.0. The van der Waals surface area contributed by atoms with Gasteiger partial charge in [0.15, 0.2) is 5.11 Å². The molecule has 1 saturated heterocycles. The van der Waals surface area contributed by atoms with E-state index in [9.17, 15) is 4.79 Å². The zero-order chi connectivity index (χ0) is 17.9. The third kappa shape index (κ3) is 7.37. The number of nitrogens with zero attached hydrogens (tertiary/aromatic N) is 1. The van der Waals surface area contributed by atoms with Crippen molar-refractivity contribution in [1.29, 1.82) is 0 Å². The third-order valence-electron chi connectivity index (χ3n) is 3.93. The first-order valence-corrected chi connectivity index (χ1v) is 9.22. The third-order valence-corrected chi connectivity index (χ3v) is 4.17. The summed E-state index contributed by atoms with van der Waals surface area (Å²) in [5.74, 6) is -0.286. The SMILES string of the molecule is CCCCOC(=O)c1ccc(NC(=S)NCCN2CCOCC2)cc1. The topological polar surface area (TPSA) is 62.8 Å². The fraction of sp³-hybridized carbons (Fsp3) is 0.556. The Balaban J connectivity index is 1.68. The normalized spacial score (nSPS) is 14.8. The summed E-state index contributed by atoms with van der Waals surface area (Å²) < 4.78 is 10.5. The fourth-order valence-corrected chi connectivity index (χ4v) is 2.63. The maximum atomic E-state index is 11.9. The minimum absolute atomic E-state index is 0.286. The minimum atomic E-state index is -0.286. The first-order valence-electron chi connectivity index (χ1n) is 8.81. The molecular formula is C18H27N3O3S. The van der Waals surface area contributed by atoms with Crippen molar-refractivity contribution < 1.29 is 14.3 Å². The number of hydrogen-bond acceptors (Lipinski definition) is 5. The van der Waals surface area contributed by atoms with Crippen molar-refractivity contribution in [3.05, 3.63) is 29.8 Å². The van der Waals surface area contributed by atoms with Gasteiger partial charge in [0.1, 0.15) is 0 Å². The van der Waals surface area contributed by atoms with E-state index >= 15 is 0 Å². The van der Waals surface area contributed by atoms with E-state index in [4.69, 9.17) is 21.7 Å². The van der Waals surface area contributed by atoms with Crippen LogP contribution in [0.5, 0.6) is 0 Å². The number of rotatable bonds is 8. The van der Waals surface area contributed by atoms with Gasteiger partial charge in [0.25, 0.3) is 0 Å². The molecule has 0 spiro atoms. The zero-order valence-corrected chi connectivity index (χ0v) is 15.6. The van der Waals surface area contributed by atoms with Gasteiger partial charge in [-0.2, -0.15) is 0 Å². The molecular weight excluding hydrogens is 338 g/mol. The largest absolute Gasteiger partial charge is 0.462 e. The van der Waals surface area contributed by atoms with E-state index in [1.165, 1.54) is 0 Å². The number of hydrogen-bond donors (Lipinski definition) is 2. The number of carbonyl (C=O) groups excluding carboxylic acids is 1. The van der Waals surface area contributed by atoms with Crippen LogP contribution in [-0.2, 0) is 9.47 Å². The van der Waals surface area contributed by atoms with Crippen LogP contribution in [0.1, 0.15) is 30.1 Å². The van der Waals surface area contributed by atoms with Crippen LogP contribution < -0.4 is 10.6 Å². The molecule has 2 N–H and O–H groups in total. The van der Waals surface area contributed by atoms with Crippen molar-refractivity contribution in [1.82, 2.24) is 10.2 Å². The molecule has 0 atom stereocenters. The van der Waals surface area contributed by atoms with Gasteiger partial charge in [0.05, 0.1) is 25.4 Å². The lowest BCUT2D eigenvalue weighted by molar-refractivity contribution is 0.0389. The van der Waals surface area contributed by atoms with Crippen molar-refractivity contribution >= 4 is 29.0 Å². The maximum Gasteiger partial charge on any atom is 0.338 e. The van der Waals surface area contributed by atoms with Crippen LogP contribution in [-0.4, -0.2) is 62.0 Å². The molecule has 1 aromatic rings. The Morgan fingerprint density at radius 3 is 2.68 bits per heavy atom. The van der Waals surface area contributed by atoms with Gasteiger partial charge in [0.2, 0.25) is 0 Å². The highest BCUT2D eigenvalue weighted by Crippen LogP contribution is 2.11. The Morgan fingerprint density at radius 2 is 2.00 bits per heavy atom. The molecule has 1 fully saturated rings. The molecule has 0 aromatic heterocycles. The van der Waals surface area contributed by atoms with Gasteiger partial charge in [-0.15, -0.1) is 0 Å². The Labute approximate surface area is 154 Å². The summed E-state index contributed by atoms with van der Waals surface area (Å²) in [7, 11) is 0. The monoisotopic (exact) mass is 365 g/mol. The number of anilines is 1. The Bertz CT molecular complexity index is 545. The number of thiocarbonyl (C=S) groups is 1. The van der Waals surface area contributed by atoms with E-state index in [0.717, 1.165) is 57.9 Å². The summed E-state index contributed by atoms with van der Waals surface area (Å²) in [6.45, 7) is 7.79. The average molecular weight is 365 g/mol. The second-order valence-electron chi connectivity index (χ2n) is 5.90. The lowest BCUT2D eigenvalue weighted by Crippen LogP contribution is -2.42. The summed E-state index contributed by atoms with van der Waals surface area (Å²) in [4.78, 5) is 14.2. The Morgan fingerprint density at radius 1 is 1.28 bits per heavy atom. The van der Waals surface area contributed by atoms with E-state index in [1.54, 1.807) is 12.1 Å². The Hall–Kier alpha value is -1.70. The highest BCUT2D eigenvalue weighted by Gasteiger charge is 2.10. The predicted octanol–water partition coefficient (Wildman–Crippen LogP) is 2.26. The van der Waals surface area contributed by atoms with Crippen molar-refractivity contribution in [2.45, 2.75) is 19.8 Å². The van der Waals surface area contributed by atoms with Crippen LogP contribution in [0, 0.1) is 0 Å². The highest BCUT2D eigenvalue weighted by atomic mass is 32.1. The molecule has 1 aromatic carbocycles. The van der Waals surface area contributed by atoms with E-state index in [2.05, 4.69) is 22.5 Å². The van der Waals surface area contributed by atoms with Gasteiger partial charge in [-0.3, -0.25) is 4.90 Å². The summed E-state index contributed by atoms with van der Waals surface area (Å²) in [6.07, 6.45) is 1.89. The van der Waals surface area contributed by atoms with Gasteiger partial charge >= 0.3 is 5.97 Å². The van der Waals surface area contributed by atoms with E-state index in [0.29, 0.717) is 17.3 Å². The summed E-state index contributed by atoms with van der Waals surface area (Å²) >= 11 is 5.30. The summed E-state index contributed by atoms with van der Waals surface area (Å²) in [6, 6.07) is 7.14. The fourth-order valence-electron chi connectivity index (χ4n) is 2.41. The molecule has 138 valence electrons. The lowest BCUT2D eigenvalue weighted by Gasteiger charge is -2.26. The van der Waals surface area contributed by atoms with E-state index < -0.39 is 0 Å². The van der Waals surface area contributed by atoms with Crippen molar-refractivity contribution in [3.8, 4) is 0 Å². The summed E-state index contributed by atoms with van der Waals surface area (Å²) in [5, 5.41) is 6.89. The van der Waals surface area contributed by atoms with Crippen LogP contribution in [0.25, 0.3) is 0 Å². The molecule has 1 heterocycles. The molecule has 2 rings (SSSR count). The molecule has 0 unspecified atom stereocenters. The van der Waals surface area contributed by atoms with Crippen LogP contribution >= 0.6 is 12.2 Å². The lowest BCUT2D eigenvalue weighted by atomic mass is 10.2.